The molecule has 0 fully saturated rings. The van der Waals surface area contributed by atoms with Gasteiger partial charge in [0.15, 0.2) is 0 Å². The molecule has 0 amide bonds. The first kappa shape index (κ1) is 69.3. The monoisotopic (exact) mass is 1240 g/mol. The zero-order valence-electron chi connectivity index (χ0n) is 60.1. The lowest BCUT2D eigenvalue weighted by Crippen LogP contribution is -2.42. The van der Waals surface area contributed by atoms with E-state index in [4.69, 9.17) is 28.4 Å². The molecule has 91 heavy (non-hydrogen) atoms. The second kappa shape index (κ2) is 27.9. The van der Waals surface area contributed by atoms with Gasteiger partial charge in [-0.3, -0.25) is 4.90 Å². The first-order valence-corrected chi connectivity index (χ1v) is 34.1. The summed E-state index contributed by atoms with van der Waals surface area (Å²) in [5.41, 5.74) is 20.1. The summed E-state index contributed by atoms with van der Waals surface area (Å²) in [6, 6.07) is 29.0. The summed E-state index contributed by atoms with van der Waals surface area (Å²) in [5.74, 6) is 5.45. The van der Waals surface area contributed by atoms with Crippen molar-refractivity contribution in [3.8, 4) is 34.5 Å². The summed E-state index contributed by atoms with van der Waals surface area (Å²) in [6.45, 7) is 50.9. The molecule has 1 aliphatic carbocycles. The Morgan fingerprint density at radius 1 is 0.275 bits per heavy atom. The summed E-state index contributed by atoms with van der Waals surface area (Å²) in [5, 5.41) is 11.4. The first-order valence-electron chi connectivity index (χ1n) is 34.1. The van der Waals surface area contributed by atoms with Crippen LogP contribution in [0.5, 0.6) is 34.5 Å². The second-order valence-corrected chi connectivity index (χ2v) is 32.6. The largest absolute Gasteiger partial charge is 0.496 e. The van der Waals surface area contributed by atoms with Gasteiger partial charge in [-0.1, -0.05) is 197 Å². The lowest BCUT2D eigenvalue weighted by molar-refractivity contribution is 0.252. The van der Waals surface area contributed by atoms with Crippen LogP contribution in [0, 0.1) is 0 Å². The molecule has 3 N–H and O–H groups in total. The smallest absolute Gasteiger partial charge is 0.126 e. The van der Waals surface area contributed by atoms with Crippen molar-refractivity contribution in [1.82, 2.24) is 20.9 Å². The molecular weight excluding hydrogens is 1120 g/mol. The highest BCUT2D eigenvalue weighted by atomic mass is 16.5. The topological polar surface area (TPSA) is 94.7 Å². The Balaban J connectivity index is 1.44. The van der Waals surface area contributed by atoms with E-state index in [0.29, 0.717) is 78.0 Å². The maximum absolute atomic E-state index is 7.41. The third kappa shape index (κ3) is 16.8. The molecule has 9 rings (SSSR count). The Morgan fingerprint density at radius 3 is 0.637 bits per heavy atom. The average Bonchev–Trinajstić information content (AvgIpc) is 0.785. The van der Waals surface area contributed by atoms with Crippen LogP contribution in [0.3, 0.4) is 0 Å². The van der Waals surface area contributed by atoms with Gasteiger partial charge in [0.25, 0.3) is 0 Å². The molecule has 0 radical (unpaired) electrons. The predicted molar refractivity (Wildman–Crippen MR) is 379 cm³/mol. The van der Waals surface area contributed by atoms with Gasteiger partial charge in [-0.05, 0) is 133 Å². The first-order chi connectivity index (χ1) is 42.7. The summed E-state index contributed by atoms with van der Waals surface area (Å²) in [7, 11) is 5.54. The predicted octanol–water partition coefficient (Wildman–Crippen LogP) is 15.6. The molecule has 0 saturated heterocycles. The zero-order valence-corrected chi connectivity index (χ0v) is 60.1. The SMILES string of the molecule is COc1c2cc(C(C)(C)C)cc1Cc1cc(C(C)(C)C)cc(c1OC)Cc1cc(C(C)(C)C)cc3c1OCCNCCN1CCNCCOc4c(cc(C(C)(C)C)cc4Cc4cc(C(C)(C)C)cc(c4OCCNCC1)C3)Cc1cc(C(C)(C)C)cc(c1OC)C2. The summed E-state index contributed by atoms with van der Waals surface area (Å²) >= 11 is 0. The van der Waals surface area contributed by atoms with Crippen LogP contribution in [-0.2, 0) is 71.0 Å². The molecule has 16 bridgehead atoms. The quantitative estimate of drug-likeness (QED) is 0.149. The molecule has 6 aromatic carbocycles. The van der Waals surface area contributed by atoms with E-state index in [1.807, 2.05) is 21.3 Å². The molecule has 0 saturated carbocycles. The molecule has 0 spiro atoms. The van der Waals surface area contributed by atoms with Crippen molar-refractivity contribution in [3.05, 3.63) is 173 Å². The van der Waals surface area contributed by atoms with Gasteiger partial charge in [0, 0.05) is 97.4 Å². The molecule has 0 aromatic heterocycles. The third-order valence-electron chi connectivity index (χ3n) is 18.9. The van der Waals surface area contributed by atoms with E-state index in [1.54, 1.807) is 0 Å². The van der Waals surface area contributed by atoms with Gasteiger partial charge in [-0.15, -0.1) is 0 Å². The highest BCUT2D eigenvalue weighted by Gasteiger charge is 2.31. The number of ether oxygens (including phenoxy) is 6. The highest BCUT2D eigenvalue weighted by Crippen LogP contribution is 2.46. The minimum absolute atomic E-state index is 0.170. The van der Waals surface area contributed by atoms with E-state index in [9.17, 15) is 0 Å². The normalized spacial score (nSPS) is 16.6. The van der Waals surface area contributed by atoms with Crippen LogP contribution < -0.4 is 44.4 Å². The van der Waals surface area contributed by atoms with E-state index in [0.717, 1.165) is 141 Å². The maximum Gasteiger partial charge on any atom is 0.126 e. The Bertz CT molecular complexity index is 3330. The molecular formula is C81H114N4O6. The fourth-order valence-corrected chi connectivity index (χ4v) is 13.4. The Hall–Kier alpha value is -6.04. The molecule has 0 unspecified atom stereocenters. The van der Waals surface area contributed by atoms with Gasteiger partial charge in [0.05, 0.1) is 21.3 Å². The average molecular weight is 1240 g/mol. The van der Waals surface area contributed by atoms with Gasteiger partial charge in [0.2, 0.25) is 0 Å². The third-order valence-corrected chi connectivity index (χ3v) is 18.9. The molecule has 494 valence electrons. The van der Waals surface area contributed by atoms with Gasteiger partial charge in [-0.2, -0.15) is 0 Å². The number of methoxy groups -OCH3 is 3. The number of hydrogen-bond acceptors (Lipinski definition) is 10. The van der Waals surface area contributed by atoms with Crippen molar-refractivity contribution in [2.24, 2.45) is 0 Å². The number of nitrogens with one attached hydrogen (secondary N) is 3. The fourth-order valence-electron chi connectivity index (χ4n) is 13.4. The van der Waals surface area contributed by atoms with E-state index < -0.39 is 0 Å². The number of nitrogens with zero attached hydrogens (tertiary/aromatic N) is 1. The fraction of sp³-hybridized carbons (Fsp3) is 0.556. The van der Waals surface area contributed by atoms with Crippen molar-refractivity contribution in [2.75, 3.05) is 100 Å². The zero-order chi connectivity index (χ0) is 66.0. The molecule has 3 aliphatic rings. The number of hydrogen-bond donors (Lipinski definition) is 3. The lowest BCUT2D eigenvalue weighted by atomic mass is 9.79. The summed E-state index contributed by atoms with van der Waals surface area (Å²) in [6.07, 6.45) is 3.58. The molecule has 10 heteroatoms. The van der Waals surface area contributed by atoms with Crippen LogP contribution in [0.15, 0.2) is 72.8 Å². The minimum atomic E-state index is -0.191. The molecule has 6 aromatic rings. The van der Waals surface area contributed by atoms with Crippen LogP contribution in [0.4, 0.5) is 0 Å². The second-order valence-electron chi connectivity index (χ2n) is 32.6. The van der Waals surface area contributed by atoms with E-state index in [1.165, 1.54) is 33.4 Å². The number of rotatable bonds is 3. The maximum atomic E-state index is 7.41. The van der Waals surface area contributed by atoms with Gasteiger partial charge in [0.1, 0.15) is 54.3 Å². The Morgan fingerprint density at radius 2 is 0.451 bits per heavy atom. The standard InChI is InChI=1S/C81H114N4O6/c1-76(2,3)64-40-52-34-54-42-65(77(4,5)6)44-56(71(54)87-20)36-58-46-67(79(10,11)12)48-60-38-62-50-69(81(16,17)18)51-63-39-61-49-68(80(13,14)15)47-59(37-57-45-66(78(7,8)9)43-55(72(57)88-21)35-53(41-64)70(52)86-19)74(61)90-32-26-83-23-29-85(28-22-82-25-31-89-73(58)60)30-24-84-27-33-91-75(62)63/h40-51,82-84H,22-39H2,1-21H3. The van der Waals surface area contributed by atoms with Crippen molar-refractivity contribution in [3.63, 3.8) is 0 Å². The van der Waals surface area contributed by atoms with Crippen LogP contribution in [0.25, 0.3) is 0 Å². The summed E-state index contributed by atoms with van der Waals surface area (Å²) in [4.78, 5) is 2.56. The van der Waals surface area contributed by atoms with Gasteiger partial charge in [-0.25, -0.2) is 0 Å². The van der Waals surface area contributed by atoms with Crippen LogP contribution in [0.2, 0.25) is 0 Å². The molecule has 0 atom stereocenters. The number of fused-ring (bicyclic) bond motifs is 12. The molecule has 2 heterocycles. The molecule has 2 aliphatic heterocycles. The summed E-state index contributed by atoms with van der Waals surface area (Å²) < 4.78 is 42.5. The Labute approximate surface area is 549 Å². The van der Waals surface area contributed by atoms with Crippen molar-refractivity contribution < 1.29 is 28.4 Å². The Kier molecular flexibility index (Phi) is 21.2. The van der Waals surface area contributed by atoms with Crippen molar-refractivity contribution in [1.29, 1.82) is 0 Å². The van der Waals surface area contributed by atoms with Crippen molar-refractivity contribution >= 4 is 0 Å². The van der Waals surface area contributed by atoms with E-state index >= 15 is 0 Å². The van der Waals surface area contributed by atoms with Crippen LogP contribution in [0.1, 0.15) is 225 Å². The minimum Gasteiger partial charge on any atom is -0.496 e. The van der Waals surface area contributed by atoms with Gasteiger partial charge >= 0.3 is 0 Å². The van der Waals surface area contributed by atoms with E-state index in [2.05, 4.69) is 218 Å². The molecule has 10 nitrogen and oxygen atoms in total. The highest BCUT2D eigenvalue weighted by molar-refractivity contribution is 5.61. The van der Waals surface area contributed by atoms with Crippen molar-refractivity contribution in [2.45, 2.75) is 196 Å². The lowest BCUT2D eigenvalue weighted by Gasteiger charge is -2.29. The number of benzene rings is 6. The van der Waals surface area contributed by atoms with Crippen LogP contribution >= 0.6 is 0 Å². The van der Waals surface area contributed by atoms with Crippen LogP contribution in [-0.4, -0.2) is 105 Å². The van der Waals surface area contributed by atoms with E-state index in [-0.39, 0.29) is 32.5 Å². The van der Waals surface area contributed by atoms with Gasteiger partial charge < -0.3 is 44.4 Å².